The van der Waals surface area contributed by atoms with Gasteiger partial charge in [-0.1, -0.05) is 140 Å². The first-order chi connectivity index (χ1) is 23.0. The van der Waals surface area contributed by atoms with Crippen molar-refractivity contribution in [3.63, 3.8) is 0 Å². The highest BCUT2D eigenvalue weighted by atomic mass is 16.6. The topological polar surface area (TPSA) is 95.9 Å². The number of carbonyl (C=O) groups is 3. The van der Waals surface area contributed by atoms with Crippen molar-refractivity contribution in [3.05, 3.63) is 167 Å². The molecule has 7 nitrogen and oxygen atoms in total. The van der Waals surface area contributed by atoms with Crippen LogP contribution in [0.2, 0.25) is 0 Å². The minimum atomic E-state index is -1.43. The fourth-order valence-corrected chi connectivity index (χ4v) is 6.87. The van der Waals surface area contributed by atoms with Crippen LogP contribution in [0.15, 0.2) is 140 Å². The molecular weight excluding hydrogens is 588 g/mol. The molecule has 0 spiro atoms. The highest BCUT2D eigenvalue weighted by Gasteiger charge is 2.51. The Hall–Kier alpha value is -5.69. The summed E-state index contributed by atoms with van der Waals surface area (Å²) in [5.41, 5.74) is 4.86. The largest absolute Gasteiger partial charge is 0.480 e. The number of nitrogens with zero attached hydrogens (tertiary/aromatic N) is 1. The summed E-state index contributed by atoms with van der Waals surface area (Å²) in [5, 5.41) is 13.4. The van der Waals surface area contributed by atoms with Crippen molar-refractivity contribution in [1.82, 2.24) is 10.2 Å². The minimum Gasteiger partial charge on any atom is -0.480 e. The van der Waals surface area contributed by atoms with E-state index in [9.17, 15) is 19.5 Å². The number of amides is 2. The third-order valence-corrected chi connectivity index (χ3v) is 8.99. The lowest BCUT2D eigenvalue weighted by atomic mass is 9.74. The monoisotopic (exact) mass is 624 g/mol. The summed E-state index contributed by atoms with van der Waals surface area (Å²) >= 11 is 0. The van der Waals surface area contributed by atoms with E-state index in [4.69, 9.17) is 4.74 Å². The maximum absolute atomic E-state index is 14.9. The van der Waals surface area contributed by atoms with Gasteiger partial charge in [0, 0.05) is 19.4 Å². The molecule has 0 saturated carbocycles. The van der Waals surface area contributed by atoms with Crippen LogP contribution >= 0.6 is 0 Å². The summed E-state index contributed by atoms with van der Waals surface area (Å²) < 4.78 is 6.26. The van der Waals surface area contributed by atoms with Gasteiger partial charge >= 0.3 is 12.1 Å². The zero-order valence-corrected chi connectivity index (χ0v) is 26.1. The van der Waals surface area contributed by atoms with Crippen molar-refractivity contribution >= 4 is 18.0 Å². The lowest BCUT2D eigenvalue weighted by Gasteiger charge is -2.47. The van der Waals surface area contributed by atoms with Gasteiger partial charge in [0.1, 0.15) is 18.2 Å². The van der Waals surface area contributed by atoms with Crippen molar-refractivity contribution in [3.8, 4) is 11.1 Å². The van der Waals surface area contributed by atoms with Gasteiger partial charge in [0.15, 0.2) is 0 Å². The van der Waals surface area contributed by atoms with Crippen LogP contribution in [0.1, 0.15) is 46.6 Å². The van der Waals surface area contributed by atoms with Crippen molar-refractivity contribution in [2.75, 3.05) is 13.7 Å². The predicted octanol–water partition coefficient (Wildman–Crippen LogP) is 7.21. The fourth-order valence-electron chi connectivity index (χ4n) is 6.87. The van der Waals surface area contributed by atoms with Gasteiger partial charge < -0.3 is 15.2 Å². The smallest absolute Gasteiger partial charge is 0.411 e. The molecule has 1 aliphatic rings. The van der Waals surface area contributed by atoms with Gasteiger partial charge in [-0.3, -0.25) is 9.69 Å². The van der Waals surface area contributed by atoms with Crippen LogP contribution in [0.3, 0.4) is 0 Å². The molecule has 2 amide bonds. The maximum Gasteiger partial charge on any atom is 0.411 e. The van der Waals surface area contributed by atoms with Gasteiger partial charge in [0.2, 0.25) is 5.91 Å². The van der Waals surface area contributed by atoms with E-state index < -0.39 is 23.6 Å². The van der Waals surface area contributed by atoms with Gasteiger partial charge in [-0.25, -0.2) is 9.59 Å². The summed E-state index contributed by atoms with van der Waals surface area (Å²) in [5.74, 6) is -1.80. The number of aliphatic carboxylic acids is 1. The SMILES string of the molecule is CNC(=O)CC[C@@H](C(=O)O)N(C(=O)OCC1c2ccccc2-c2ccccc21)C(c1ccccc1)(c1ccccc1)c1ccccc1. The highest BCUT2D eigenvalue weighted by molar-refractivity contribution is 5.84. The Morgan fingerprint density at radius 1 is 0.702 bits per heavy atom. The Bertz CT molecular complexity index is 1720. The van der Waals surface area contributed by atoms with Gasteiger partial charge in [-0.15, -0.1) is 0 Å². The Morgan fingerprint density at radius 3 is 1.55 bits per heavy atom. The van der Waals surface area contributed by atoms with E-state index >= 15 is 0 Å². The Morgan fingerprint density at radius 2 is 1.13 bits per heavy atom. The fraction of sp³-hybridized carbons (Fsp3) is 0.175. The van der Waals surface area contributed by atoms with Crippen LogP contribution in [0.25, 0.3) is 11.1 Å². The normalized spacial score (nSPS) is 12.8. The zero-order chi connectivity index (χ0) is 32.8. The van der Waals surface area contributed by atoms with E-state index in [2.05, 4.69) is 17.4 Å². The maximum atomic E-state index is 14.9. The number of rotatable bonds is 11. The van der Waals surface area contributed by atoms with Crippen molar-refractivity contribution < 1.29 is 24.2 Å². The molecule has 1 aliphatic carbocycles. The molecule has 0 aromatic heterocycles. The summed E-state index contributed by atoms with van der Waals surface area (Å²) in [4.78, 5) is 42.0. The predicted molar refractivity (Wildman–Crippen MR) is 181 cm³/mol. The molecule has 2 N–H and O–H groups in total. The number of hydrogen-bond acceptors (Lipinski definition) is 4. The second-order valence-corrected chi connectivity index (χ2v) is 11.5. The third-order valence-electron chi connectivity index (χ3n) is 8.99. The van der Waals surface area contributed by atoms with E-state index in [-0.39, 0.29) is 31.3 Å². The molecule has 5 aromatic rings. The minimum absolute atomic E-state index is 0.000403. The first-order valence-corrected chi connectivity index (χ1v) is 15.7. The van der Waals surface area contributed by atoms with E-state index in [1.165, 1.54) is 11.9 Å². The number of ether oxygens (including phenoxy) is 1. The van der Waals surface area contributed by atoms with Gasteiger partial charge in [-0.2, -0.15) is 0 Å². The van der Waals surface area contributed by atoms with E-state index in [0.29, 0.717) is 16.7 Å². The van der Waals surface area contributed by atoms with Crippen molar-refractivity contribution in [1.29, 1.82) is 0 Å². The number of fused-ring (bicyclic) bond motifs is 3. The van der Waals surface area contributed by atoms with Crippen LogP contribution in [-0.4, -0.2) is 47.7 Å². The summed E-state index contributed by atoms with van der Waals surface area (Å²) in [6, 6.07) is 42.9. The van der Waals surface area contributed by atoms with Gasteiger partial charge in [0.05, 0.1) is 0 Å². The second kappa shape index (κ2) is 13.7. The van der Waals surface area contributed by atoms with Crippen molar-refractivity contribution in [2.45, 2.75) is 30.3 Å². The van der Waals surface area contributed by atoms with Crippen LogP contribution in [0, 0.1) is 0 Å². The van der Waals surface area contributed by atoms with Gasteiger partial charge in [-0.05, 0) is 45.4 Å². The summed E-state index contributed by atoms with van der Waals surface area (Å²) in [7, 11) is 1.50. The number of carboxylic acids is 1. The first kappa shape index (κ1) is 31.3. The quantitative estimate of drug-likeness (QED) is 0.152. The van der Waals surface area contributed by atoms with Gasteiger partial charge in [0.25, 0.3) is 0 Å². The van der Waals surface area contributed by atoms with Crippen LogP contribution in [-0.2, 0) is 19.9 Å². The molecule has 0 fully saturated rings. The van der Waals surface area contributed by atoms with Crippen LogP contribution in [0.4, 0.5) is 4.79 Å². The summed E-state index contributed by atoms with van der Waals surface area (Å²) in [6.07, 6.45) is -1.03. The van der Waals surface area contributed by atoms with Crippen LogP contribution in [0.5, 0.6) is 0 Å². The highest BCUT2D eigenvalue weighted by Crippen LogP contribution is 2.47. The molecule has 0 saturated heterocycles. The molecule has 6 rings (SSSR count). The van der Waals surface area contributed by atoms with Crippen molar-refractivity contribution in [2.24, 2.45) is 0 Å². The average Bonchev–Trinajstić information content (AvgIpc) is 3.44. The number of benzene rings is 5. The number of carboxylic acid groups (broad SMARTS) is 1. The number of hydrogen-bond donors (Lipinski definition) is 2. The van der Waals surface area contributed by atoms with E-state index in [0.717, 1.165) is 22.3 Å². The number of nitrogens with one attached hydrogen (secondary N) is 1. The van der Waals surface area contributed by atoms with Crippen LogP contribution < -0.4 is 5.32 Å². The molecule has 0 bridgehead atoms. The lowest BCUT2D eigenvalue weighted by Crippen LogP contribution is -2.58. The molecule has 47 heavy (non-hydrogen) atoms. The molecule has 0 radical (unpaired) electrons. The Labute approximate surface area is 274 Å². The number of carbonyl (C=O) groups excluding carboxylic acids is 2. The van der Waals surface area contributed by atoms with E-state index in [1.807, 2.05) is 127 Å². The van der Waals surface area contributed by atoms with E-state index in [1.54, 1.807) is 0 Å². The molecule has 0 aliphatic heterocycles. The Kier molecular flexibility index (Phi) is 9.16. The molecule has 0 unspecified atom stereocenters. The zero-order valence-electron chi connectivity index (χ0n) is 26.1. The first-order valence-electron chi connectivity index (χ1n) is 15.7. The third kappa shape index (κ3) is 5.88. The lowest BCUT2D eigenvalue weighted by molar-refractivity contribution is -0.145. The molecule has 0 heterocycles. The molecule has 5 aromatic carbocycles. The molecular formula is C40H36N2O5. The molecule has 236 valence electrons. The standard InChI is InChI=1S/C40H36N2O5/c1-41-37(43)26-25-36(38(44)45)42(39(46)47-27-35-33-23-13-11-21-31(33)32-22-12-14-24-34(32)35)40(28-15-5-2-6-16-28,29-17-7-3-8-18-29)30-19-9-4-10-20-30/h2-24,35-36H,25-27H2,1H3,(H,41,43)(H,44,45)/t36-/m0/s1. The molecule has 7 heteroatoms. The Balaban J connectivity index is 1.53. The second-order valence-electron chi connectivity index (χ2n) is 11.5. The summed E-state index contributed by atoms with van der Waals surface area (Å²) in [6.45, 7) is -0.000403. The molecule has 1 atom stereocenters. The average molecular weight is 625 g/mol.